The molecule has 0 unspecified atom stereocenters. The van der Waals surface area contributed by atoms with Crippen LogP contribution in [0.5, 0.6) is 0 Å². The fraction of sp³-hybridized carbons (Fsp3) is 0.704. The molecule has 5 rings (SSSR count). The summed E-state index contributed by atoms with van der Waals surface area (Å²) in [6, 6.07) is 5.50. The van der Waals surface area contributed by atoms with Gasteiger partial charge in [0, 0.05) is 31.2 Å². The van der Waals surface area contributed by atoms with E-state index >= 15 is 0 Å². The van der Waals surface area contributed by atoms with Crippen molar-refractivity contribution in [1.82, 2.24) is 19.7 Å². The molecule has 1 aliphatic carbocycles. The first-order valence-corrected chi connectivity index (χ1v) is 14.2. The van der Waals surface area contributed by atoms with Crippen molar-refractivity contribution in [2.75, 3.05) is 13.1 Å². The highest BCUT2D eigenvalue weighted by Crippen LogP contribution is 2.35. The number of hydrogen-bond donors (Lipinski definition) is 1. The maximum atomic E-state index is 13.8. The minimum absolute atomic E-state index is 0.00400. The number of piperidine rings is 1. The van der Waals surface area contributed by atoms with E-state index in [9.17, 15) is 9.59 Å². The third-order valence-electron chi connectivity index (χ3n) is 8.65. The number of likely N-dealkylation sites (tertiary alicyclic amines) is 1. The third-order valence-corrected chi connectivity index (χ3v) is 9.51. The van der Waals surface area contributed by atoms with E-state index in [0.29, 0.717) is 25.2 Å². The Labute approximate surface area is 207 Å². The molecular weight excluding hydrogens is 444 g/mol. The molecule has 186 valence electrons. The van der Waals surface area contributed by atoms with E-state index in [1.807, 2.05) is 17.9 Å². The fourth-order valence-electron chi connectivity index (χ4n) is 6.54. The molecule has 0 aromatic carbocycles. The molecule has 2 aliphatic heterocycles. The Balaban J connectivity index is 1.38. The number of rotatable bonds is 6. The van der Waals surface area contributed by atoms with Crippen molar-refractivity contribution in [3.05, 3.63) is 23.2 Å². The number of nitrogens with zero attached hydrogens (tertiary/aromatic N) is 3. The van der Waals surface area contributed by atoms with E-state index in [1.165, 1.54) is 38.5 Å². The largest absolute Gasteiger partial charge is 0.351 e. The van der Waals surface area contributed by atoms with Gasteiger partial charge in [0.1, 0.15) is 11.2 Å². The van der Waals surface area contributed by atoms with Gasteiger partial charge in [-0.25, -0.2) is 0 Å². The van der Waals surface area contributed by atoms with Crippen molar-refractivity contribution >= 4 is 33.4 Å². The summed E-state index contributed by atoms with van der Waals surface area (Å²) in [4.78, 5) is 32.1. The van der Waals surface area contributed by atoms with Gasteiger partial charge in [-0.1, -0.05) is 25.7 Å². The van der Waals surface area contributed by atoms with Crippen LogP contribution in [0.3, 0.4) is 0 Å². The molecule has 1 saturated carbocycles. The standard InChI is InChI=1S/C27H40N4O2S/c1-19-9-7-10-20(2)29(19)14-8-15-31-25(32)23-17-24-22(13-16-34-24)30(23)18-27(31,3)26(33)28-21-11-5-4-6-12-21/h13,16-17,19-21H,4-12,14-15,18H2,1-3H3,(H,28,33)/t19-,20-,27-/m1/s1. The van der Waals surface area contributed by atoms with Crippen LogP contribution in [0.25, 0.3) is 10.2 Å². The predicted molar refractivity (Wildman–Crippen MR) is 138 cm³/mol. The van der Waals surface area contributed by atoms with Crippen molar-refractivity contribution in [2.45, 2.75) is 109 Å². The Morgan fingerprint density at radius 1 is 1.09 bits per heavy atom. The molecule has 2 aromatic heterocycles. The van der Waals surface area contributed by atoms with E-state index in [1.54, 1.807) is 11.3 Å². The van der Waals surface area contributed by atoms with Crippen LogP contribution in [0.1, 0.15) is 89.0 Å². The molecule has 0 bridgehead atoms. The van der Waals surface area contributed by atoms with Crippen LogP contribution in [0.2, 0.25) is 0 Å². The molecule has 3 atom stereocenters. The number of thiophene rings is 1. The average Bonchev–Trinajstić information content (AvgIpc) is 3.41. The SMILES string of the molecule is C[C@@H]1CCC[C@@H](C)N1CCCN1C(=O)c2cc3sccc3n2C[C@]1(C)C(=O)NC1CCCCC1. The molecule has 0 radical (unpaired) electrons. The Hall–Kier alpha value is -1.86. The second kappa shape index (κ2) is 9.65. The van der Waals surface area contributed by atoms with Gasteiger partial charge in [0.15, 0.2) is 0 Å². The summed E-state index contributed by atoms with van der Waals surface area (Å²) in [5, 5.41) is 5.41. The number of amides is 2. The molecule has 6 nitrogen and oxygen atoms in total. The van der Waals surface area contributed by atoms with Gasteiger partial charge in [-0.2, -0.15) is 0 Å². The molecule has 2 aromatic rings. The van der Waals surface area contributed by atoms with Gasteiger partial charge in [0.25, 0.3) is 5.91 Å². The molecule has 7 heteroatoms. The second-order valence-corrected chi connectivity index (χ2v) is 12.0. The molecule has 0 spiro atoms. The number of fused-ring (bicyclic) bond motifs is 3. The number of nitrogens with one attached hydrogen (secondary N) is 1. The first-order chi connectivity index (χ1) is 16.4. The summed E-state index contributed by atoms with van der Waals surface area (Å²) >= 11 is 1.66. The lowest BCUT2D eigenvalue weighted by atomic mass is 9.91. The van der Waals surface area contributed by atoms with Crippen molar-refractivity contribution in [3.8, 4) is 0 Å². The molecule has 1 N–H and O–H groups in total. The Morgan fingerprint density at radius 3 is 2.56 bits per heavy atom. The summed E-state index contributed by atoms with van der Waals surface area (Å²) < 4.78 is 3.20. The minimum Gasteiger partial charge on any atom is -0.351 e. The molecule has 2 fully saturated rings. The van der Waals surface area contributed by atoms with E-state index in [-0.39, 0.29) is 17.9 Å². The summed E-state index contributed by atoms with van der Waals surface area (Å²) in [6.07, 6.45) is 10.4. The number of carbonyl (C=O) groups excluding carboxylic acids is 2. The molecule has 2 amide bonds. The van der Waals surface area contributed by atoms with Gasteiger partial charge >= 0.3 is 0 Å². The first-order valence-electron chi connectivity index (χ1n) is 13.3. The smallest absolute Gasteiger partial charge is 0.271 e. The quantitative estimate of drug-likeness (QED) is 0.626. The normalized spacial score (nSPS) is 28.9. The summed E-state index contributed by atoms with van der Waals surface area (Å²) in [6.45, 7) is 8.73. The van der Waals surface area contributed by atoms with Crippen LogP contribution in [-0.2, 0) is 11.3 Å². The zero-order valence-electron chi connectivity index (χ0n) is 21.0. The van der Waals surface area contributed by atoms with Gasteiger partial charge < -0.3 is 14.8 Å². The summed E-state index contributed by atoms with van der Waals surface area (Å²) in [7, 11) is 0. The van der Waals surface area contributed by atoms with Crippen LogP contribution in [0.4, 0.5) is 0 Å². The van der Waals surface area contributed by atoms with Gasteiger partial charge in [-0.3, -0.25) is 14.5 Å². The van der Waals surface area contributed by atoms with E-state index < -0.39 is 5.54 Å². The van der Waals surface area contributed by atoms with Gasteiger partial charge in [0.2, 0.25) is 5.91 Å². The van der Waals surface area contributed by atoms with Crippen molar-refractivity contribution < 1.29 is 9.59 Å². The Bertz CT molecular complexity index is 1030. The minimum atomic E-state index is -0.880. The molecule has 3 aliphatic rings. The highest BCUT2D eigenvalue weighted by molar-refractivity contribution is 7.17. The highest BCUT2D eigenvalue weighted by atomic mass is 32.1. The lowest BCUT2D eigenvalue weighted by molar-refractivity contribution is -0.133. The average molecular weight is 485 g/mol. The molecule has 1 saturated heterocycles. The Kier molecular flexibility index (Phi) is 6.77. The highest BCUT2D eigenvalue weighted by Gasteiger charge is 2.48. The molecule has 34 heavy (non-hydrogen) atoms. The van der Waals surface area contributed by atoms with Crippen LogP contribution < -0.4 is 5.32 Å². The number of aromatic nitrogens is 1. The maximum absolute atomic E-state index is 13.8. The number of carbonyl (C=O) groups is 2. The van der Waals surface area contributed by atoms with E-state index in [2.05, 4.69) is 40.1 Å². The zero-order chi connectivity index (χ0) is 23.9. The lowest BCUT2D eigenvalue weighted by Gasteiger charge is -2.45. The zero-order valence-corrected chi connectivity index (χ0v) is 21.8. The van der Waals surface area contributed by atoms with Crippen LogP contribution in [0, 0.1) is 0 Å². The van der Waals surface area contributed by atoms with Crippen molar-refractivity contribution in [3.63, 3.8) is 0 Å². The van der Waals surface area contributed by atoms with E-state index in [4.69, 9.17) is 0 Å². The van der Waals surface area contributed by atoms with Crippen LogP contribution in [-0.4, -0.2) is 62.9 Å². The van der Waals surface area contributed by atoms with Gasteiger partial charge in [-0.15, -0.1) is 11.3 Å². The van der Waals surface area contributed by atoms with Crippen molar-refractivity contribution in [1.29, 1.82) is 0 Å². The van der Waals surface area contributed by atoms with E-state index in [0.717, 1.165) is 41.7 Å². The van der Waals surface area contributed by atoms with Gasteiger partial charge in [0.05, 0.1) is 16.8 Å². The third kappa shape index (κ3) is 4.30. The number of hydrogen-bond acceptors (Lipinski definition) is 4. The van der Waals surface area contributed by atoms with Gasteiger partial charge in [-0.05, 0) is 70.4 Å². The summed E-state index contributed by atoms with van der Waals surface area (Å²) in [5.41, 5.74) is 0.916. The topological polar surface area (TPSA) is 57.6 Å². The Morgan fingerprint density at radius 2 is 1.82 bits per heavy atom. The molecule has 4 heterocycles. The van der Waals surface area contributed by atoms with Crippen LogP contribution in [0.15, 0.2) is 17.5 Å². The van der Waals surface area contributed by atoms with Crippen molar-refractivity contribution in [2.24, 2.45) is 0 Å². The fourth-order valence-corrected chi connectivity index (χ4v) is 7.36. The maximum Gasteiger partial charge on any atom is 0.271 e. The summed E-state index contributed by atoms with van der Waals surface area (Å²) in [5.74, 6) is 0.00544. The lowest BCUT2D eigenvalue weighted by Crippen LogP contribution is -2.65. The second-order valence-electron chi connectivity index (χ2n) is 11.0. The predicted octanol–water partition coefficient (Wildman–Crippen LogP) is 5.02. The molecular formula is C27H40N4O2S. The first kappa shape index (κ1) is 23.9. The monoisotopic (exact) mass is 484 g/mol. The van der Waals surface area contributed by atoms with Crippen LogP contribution >= 0.6 is 11.3 Å².